The summed E-state index contributed by atoms with van der Waals surface area (Å²) in [5.74, 6) is -0.0299. The predicted molar refractivity (Wildman–Crippen MR) is 106 cm³/mol. The van der Waals surface area contributed by atoms with Crippen molar-refractivity contribution < 1.29 is 23.8 Å². The first-order chi connectivity index (χ1) is 14.3. The second-order valence-corrected chi connectivity index (χ2v) is 6.69. The molecular formula is C20H21N3O7. The molecule has 0 aliphatic carbocycles. The van der Waals surface area contributed by atoms with Crippen molar-refractivity contribution in [2.45, 2.75) is 13.0 Å². The van der Waals surface area contributed by atoms with Crippen LogP contribution in [0.4, 0.5) is 0 Å². The van der Waals surface area contributed by atoms with Crippen molar-refractivity contribution in [3.05, 3.63) is 62.4 Å². The average molecular weight is 415 g/mol. The summed E-state index contributed by atoms with van der Waals surface area (Å²) in [5, 5.41) is 2.72. The van der Waals surface area contributed by atoms with E-state index in [2.05, 4.69) is 5.32 Å². The number of nitrogens with one attached hydrogen (secondary N) is 1. The van der Waals surface area contributed by atoms with Gasteiger partial charge in [-0.2, -0.15) is 0 Å². The lowest BCUT2D eigenvalue weighted by molar-refractivity contribution is -0.144. The van der Waals surface area contributed by atoms with E-state index in [-0.39, 0.29) is 18.4 Å². The Morgan fingerprint density at radius 3 is 2.73 bits per heavy atom. The third-order valence-electron chi connectivity index (χ3n) is 4.49. The first-order valence-electron chi connectivity index (χ1n) is 9.06. The Morgan fingerprint density at radius 2 is 1.97 bits per heavy atom. The normalized spacial score (nSPS) is 13.3. The number of hydrogen-bond donors (Lipinski definition) is 1. The van der Waals surface area contributed by atoms with Gasteiger partial charge in [-0.3, -0.25) is 14.2 Å². The Bertz CT molecular complexity index is 1130. The molecule has 0 fully saturated rings. The number of ether oxygens (including phenoxy) is 3. The highest BCUT2D eigenvalue weighted by Gasteiger charge is 2.17. The van der Waals surface area contributed by atoms with Crippen LogP contribution in [0.5, 0.6) is 11.5 Å². The molecule has 0 spiro atoms. The molecule has 3 rings (SSSR count). The molecule has 1 aliphatic heterocycles. The van der Waals surface area contributed by atoms with Crippen molar-refractivity contribution in [2.24, 2.45) is 14.1 Å². The number of rotatable bonds is 6. The second kappa shape index (κ2) is 8.68. The van der Waals surface area contributed by atoms with Crippen LogP contribution in [0.25, 0.3) is 6.08 Å². The monoisotopic (exact) mass is 415 g/mol. The second-order valence-electron chi connectivity index (χ2n) is 6.69. The number of aromatic nitrogens is 2. The quantitative estimate of drug-likeness (QED) is 0.531. The highest BCUT2D eigenvalue weighted by atomic mass is 16.7. The van der Waals surface area contributed by atoms with Crippen LogP contribution in [-0.2, 0) is 28.4 Å². The summed E-state index contributed by atoms with van der Waals surface area (Å²) >= 11 is 0. The molecule has 158 valence electrons. The molecule has 1 atom stereocenters. The van der Waals surface area contributed by atoms with Crippen LogP contribution in [0.15, 0.2) is 40.1 Å². The van der Waals surface area contributed by atoms with E-state index in [0.717, 1.165) is 16.2 Å². The molecule has 0 saturated carbocycles. The van der Waals surface area contributed by atoms with Crippen molar-refractivity contribution >= 4 is 18.0 Å². The fraction of sp³-hybridized carbons (Fsp3) is 0.300. The summed E-state index contributed by atoms with van der Waals surface area (Å²) in [6.07, 6.45) is 3.57. The van der Waals surface area contributed by atoms with Gasteiger partial charge < -0.3 is 24.1 Å². The van der Waals surface area contributed by atoms with Gasteiger partial charge in [0.05, 0.1) is 11.6 Å². The van der Waals surface area contributed by atoms with Crippen LogP contribution in [0, 0.1) is 0 Å². The van der Waals surface area contributed by atoms with Gasteiger partial charge in [-0.05, 0) is 30.7 Å². The van der Waals surface area contributed by atoms with Crippen molar-refractivity contribution in [1.29, 1.82) is 0 Å². The molecule has 2 heterocycles. The zero-order chi connectivity index (χ0) is 21.8. The Kier molecular flexibility index (Phi) is 6.05. The Morgan fingerprint density at radius 1 is 1.23 bits per heavy atom. The fourth-order valence-corrected chi connectivity index (χ4v) is 2.84. The summed E-state index contributed by atoms with van der Waals surface area (Å²) in [6, 6.07) is 5.00. The molecule has 2 aromatic rings. The number of carbonyl (C=O) groups excluding carboxylic acids is 2. The van der Waals surface area contributed by atoms with Crippen molar-refractivity contribution in [2.75, 3.05) is 13.4 Å². The van der Waals surface area contributed by atoms with Gasteiger partial charge >= 0.3 is 11.7 Å². The van der Waals surface area contributed by atoms with Crippen molar-refractivity contribution in [1.82, 2.24) is 14.5 Å². The maximum absolute atomic E-state index is 12.1. The van der Waals surface area contributed by atoms with E-state index >= 15 is 0 Å². The number of benzene rings is 1. The number of aryl methyl sites for hydroxylation is 1. The summed E-state index contributed by atoms with van der Waals surface area (Å²) in [4.78, 5) is 47.6. The average Bonchev–Trinajstić information content (AvgIpc) is 3.20. The minimum Gasteiger partial charge on any atom is -0.454 e. The minimum absolute atomic E-state index is 0.137. The molecule has 0 saturated heterocycles. The maximum Gasteiger partial charge on any atom is 0.331 e. The Labute approximate surface area is 171 Å². The Balaban J connectivity index is 1.53. The van der Waals surface area contributed by atoms with Gasteiger partial charge in [0.2, 0.25) is 6.79 Å². The lowest BCUT2D eigenvalue weighted by Gasteiger charge is -2.14. The van der Waals surface area contributed by atoms with E-state index in [9.17, 15) is 19.2 Å². The van der Waals surface area contributed by atoms with E-state index in [1.165, 1.54) is 30.9 Å². The zero-order valence-electron chi connectivity index (χ0n) is 16.7. The SMILES string of the molecule is CC(NC(=O)COC(=O)/C=C/c1cn(C)c(=O)n(C)c1=O)c1ccc2c(c1)OCO2. The van der Waals surface area contributed by atoms with Gasteiger partial charge in [-0.15, -0.1) is 0 Å². The first kappa shape index (κ1) is 20.9. The largest absolute Gasteiger partial charge is 0.454 e. The van der Waals surface area contributed by atoms with Gasteiger partial charge in [0, 0.05) is 26.4 Å². The van der Waals surface area contributed by atoms with Gasteiger partial charge in [-0.1, -0.05) is 6.07 Å². The molecule has 1 aromatic heterocycles. The smallest absolute Gasteiger partial charge is 0.331 e. The minimum atomic E-state index is -0.795. The molecule has 1 aromatic carbocycles. The van der Waals surface area contributed by atoms with E-state index < -0.39 is 29.7 Å². The standard InChI is InChI=1S/C20H21N3O7/c1-12(13-4-6-15-16(8-13)30-11-29-15)21-17(24)10-28-18(25)7-5-14-9-22(2)20(27)23(3)19(14)26/h4-9,12H,10-11H2,1-3H3,(H,21,24)/b7-5+. The van der Waals surface area contributed by atoms with Crippen molar-refractivity contribution in [3.8, 4) is 11.5 Å². The van der Waals surface area contributed by atoms with Gasteiger partial charge in [0.15, 0.2) is 18.1 Å². The Hall–Kier alpha value is -3.82. The number of nitrogens with zero attached hydrogens (tertiary/aromatic N) is 2. The fourth-order valence-electron chi connectivity index (χ4n) is 2.84. The van der Waals surface area contributed by atoms with Gasteiger partial charge in [0.1, 0.15) is 0 Å². The van der Waals surface area contributed by atoms with Gasteiger partial charge in [0.25, 0.3) is 11.5 Å². The molecule has 30 heavy (non-hydrogen) atoms. The van der Waals surface area contributed by atoms with Crippen LogP contribution in [0.3, 0.4) is 0 Å². The van der Waals surface area contributed by atoms with Crippen LogP contribution >= 0.6 is 0 Å². The third kappa shape index (κ3) is 4.59. The first-order valence-corrected chi connectivity index (χ1v) is 9.06. The molecule has 0 radical (unpaired) electrons. The predicted octanol–water partition coefficient (Wildman–Crippen LogP) is 0.247. The van der Waals surface area contributed by atoms with E-state index in [4.69, 9.17) is 14.2 Å². The highest BCUT2D eigenvalue weighted by molar-refractivity contribution is 5.89. The van der Waals surface area contributed by atoms with Crippen LogP contribution in [0.1, 0.15) is 24.1 Å². The van der Waals surface area contributed by atoms with Crippen LogP contribution < -0.4 is 26.0 Å². The molecular weight excluding hydrogens is 394 g/mol. The zero-order valence-corrected chi connectivity index (χ0v) is 16.7. The lowest BCUT2D eigenvalue weighted by atomic mass is 10.1. The van der Waals surface area contributed by atoms with Crippen LogP contribution in [-0.4, -0.2) is 34.4 Å². The molecule has 1 unspecified atom stereocenters. The van der Waals surface area contributed by atoms with E-state index in [1.54, 1.807) is 25.1 Å². The molecule has 1 N–H and O–H groups in total. The summed E-state index contributed by atoms with van der Waals surface area (Å²) < 4.78 is 17.6. The summed E-state index contributed by atoms with van der Waals surface area (Å²) in [7, 11) is 2.83. The molecule has 0 bridgehead atoms. The number of esters is 1. The summed E-state index contributed by atoms with van der Waals surface area (Å²) in [5.41, 5.74) is -0.0767. The van der Waals surface area contributed by atoms with Crippen molar-refractivity contribution in [3.63, 3.8) is 0 Å². The van der Waals surface area contributed by atoms with Crippen LogP contribution in [0.2, 0.25) is 0 Å². The topological polar surface area (TPSA) is 118 Å². The molecule has 1 aliphatic rings. The van der Waals surface area contributed by atoms with E-state index in [1.807, 2.05) is 0 Å². The number of amides is 1. The third-order valence-corrected chi connectivity index (χ3v) is 4.49. The number of fused-ring (bicyclic) bond motifs is 1. The number of hydrogen-bond acceptors (Lipinski definition) is 7. The summed E-state index contributed by atoms with van der Waals surface area (Å²) in [6.45, 7) is 1.46. The maximum atomic E-state index is 12.1. The van der Waals surface area contributed by atoms with E-state index in [0.29, 0.717) is 11.5 Å². The lowest BCUT2D eigenvalue weighted by Crippen LogP contribution is -2.37. The van der Waals surface area contributed by atoms with Gasteiger partial charge in [-0.25, -0.2) is 9.59 Å². The highest BCUT2D eigenvalue weighted by Crippen LogP contribution is 2.34. The molecule has 1 amide bonds. The molecule has 10 heteroatoms. The number of carbonyl (C=O) groups is 2. The molecule has 10 nitrogen and oxygen atoms in total.